The van der Waals surface area contributed by atoms with Crippen molar-refractivity contribution in [3.8, 4) is 0 Å². The van der Waals surface area contributed by atoms with E-state index in [9.17, 15) is 9.59 Å². The van der Waals surface area contributed by atoms with Crippen LogP contribution in [0.3, 0.4) is 0 Å². The average Bonchev–Trinajstić information content (AvgIpc) is 2.81. The number of nitrogens with zero attached hydrogens (tertiary/aromatic N) is 1. The van der Waals surface area contributed by atoms with Crippen molar-refractivity contribution in [1.29, 1.82) is 0 Å². The van der Waals surface area contributed by atoms with Crippen LogP contribution in [0.15, 0.2) is 0 Å². The lowest BCUT2D eigenvalue weighted by molar-refractivity contribution is -0.137. The van der Waals surface area contributed by atoms with Crippen LogP contribution in [-0.2, 0) is 9.59 Å². The van der Waals surface area contributed by atoms with Crippen molar-refractivity contribution in [3.05, 3.63) is 0 Å². The lowest BCUT2D eigenvalue weighted by atomic mass is 9.86. The largest absolute Gasteiger partial charge is 0.344 e. The van der Waals surface area contributed by atoms with Gasteiger partial charge in [-0.1, -0.05) is 12.8 Å². The Labute approximate surface area is 126 Å². The maximum absolute atomic E-state index is 12.8. The molecule has 118 valence electrons. The molecule has 0 aliphatic carbocycles. The summed E-state index contributed by atoms with van der Waals surface area (Å²) >= 11 is 0. The highest BCUT2D eigenvalue weighted by molar-refractivity contribution is 5.91. The van der Waals surface area contributed by atoms with Crippen LogP contribution < -0.4 is 10.6 Å². The zero-order valence-electron chi connectivity index (χ0n) is 12.8. The average molecular weight is 293 g/mol. The Hall–Kier alpha value is -1.10. The minimum absolute atomic E-state index is 0.0292. The van der Waals surface area contributed by atoms with E-state index in [1.807, 2.05) is 0 Å². The summed E-state index contributed by atoms with van der Waals surface area (Å²) in [6.45, 7) is 3.02. The SMILES string of the molecule is O=C1CCC(C(=O)N2CCCCCC2C2CCNCC2)N1. The topological polar surface area (TPSA) is 61.4 Å². The summed E-state index contributed by atoms with van der Waals surface area (Å²) in [6, 6.07) is 0.124. The predicted molar refractivity (Wildman–Crippen MR) is 80.7 cm³/mol. The van der Waals surface area contributed by atoms with Crippen molar-refractivity contribution in [3.63, 3.8) is 0 Å². The summed E-state index contributed by atoms with van der Waals surface area (Å²) < 4.78 is 0. The number of likely N-dealkylation sites (tertiary alicyclic amines) is 1. The Morgan fingerprint density at radius 1 is 1.05 bits per heavy atom. The molecule has 3 fully saturated rings. The summed E-state index contributed by atoms with van der Waals surface area (Å²) in [5, 5.41) is 6.27. The van der Waals surface area contributed by atoms with E-state index in [-0.39, 0.29) is 17.9 Å². The van der Waals surface area contributed by atoms with Gasteiger partial charge in [-0.3, -0.25) is 9.59 Å². The van der Waals surface area contributed by atoms with Gasteiger partial charge in [0.05, 0.1) is 0 Å². The molecule has 3 heterocycles. The fourth-order valence-electron chi connectivity index (χ4n) is 4.13. The molecule has 3 aliphatic heterocycles. The summed E-state index contributed by atoms with van der Waals surface area (Å²) in [6.07, 6.45) is 8.22. The maximum atomic E-state index is 12.8. The molecule has 2 unspecified atom stereocenters. The van der Waals surface area contributed by atoms with Gasteiger partial charge in [0.15, 0.2) is 0 Å². The third kappa shape index (κ3) is 3.39. The molecule has 5 nitrogen and oxygen atoms in total. The molecule has 0 saturated carbocycles. The number of amides is 2. The van der Waals surface area contributed by atoms with Crippen LogP contribution in [0.2, 0.25) is 0 Å². The van der Waals surface area contributed by atoms with Crippen molar-refractivity contribution in [2.24, 2.45) is 5.92 Å². The normalized spacial score (nSPS) is 31.8. The monoisotopic (exact) mass is 293 g/mol. The summed E-state index contributed by atoms with van der Waals surface area (Å²) in [4.78, 5) is 26.4. The highest BCUT2D eigenvalue weighted by Crippen LogP contribution is 2.29. The van der Waals surface area contributed by atoms with E-state index in [0.717, 1.165) is 32.5 Å². The molecular formula is C16H27N3O2. The molecule has 0 radical (unpaired) electrons. The minimum atomic E-state index is -0.264. The molecule has 0 aromatic rings. The maximum Gasteiger partial charge on any atom is 0.245 e. The van der Waals surface area contributed by atoms with Crippen molar-refractivity contribution < 1.29 is 9.59 Å². The Morgan fingerprint density at radius 3 is 2.57 bits per heavy atom. The van der Waals surface area contributed by atoms with Gasteiger partial charge in [0, 0.05) is 19.0 Å². The molecule has 0 spiro atoms. The van der Waals surface area contributed by atoms with Crippen LogP contribution in [-0.4, -0.2) is 48.4 Å². The smallest absolute Gasteiger partial charge is 0.245 e. The molecular weight excluding hydrogens is 266 g/mol. The minimum Gasteiger partial charge on any atom is -0.344 e. The molecule has 0 aromatic heterocycles. The summed E-state index contributed by atoms with van der Waals surface area (Å²) in [7, 11) is 0. The standard InChI is InChI=1S/C16H27N3O2/c20-15-6-5-13(18-15)16(21)19-11-3-1-2-4-14(19)12-7-9-17-10-8-12/h12-14,17H,1-11H2,(H,18,20). The first kappa shape index (κ1) is 14.8. The van der Waals surface area contributed by atoms with Gasteiger partial charge >= 0.3 is 0 Å². The van der Waals surface area contributed by atoms with E-state index in [4.69, 9.17) is 0 Å². The Kier molecular flexibility index (Phi) is 4.78. The number of piperidine rings is 1. The van der Waals surface area contributed by atoms with Crippen molar-refractivity contribution in [2.45, 2.75) is 63.5 Å². The van der Waals surface area contributed by atoms with Crippen LogP contribution in [0.5, 0.6) is 0 Å². The Bertz CT molecular complexity index is 393. The lowest BCUT2D eigenvalue weighted by Gasteiger charge is -2.39. The van der Waals surface area contributed by atoms with Crippen LogP contribution in [0.25, 0.3) is 0 Å². The third-order valence-corrected chi connectivity index (χ3v) is 5.30. The van der Waals surface area contributed by atoms with Crippen LogP contribution in [0, 0.1) is 5.92 Å². The van der Waals surface area contributed by atoms with Crippen LogP contribution in [0.4, 0.5) is 0 Å². The fraction of sp³-hybridized carbons (Fsp3) is 0.875. The van der Waals surface area contributed by atoms with E-state index < -0.39 is 0 Å². The second-order valence-electron chi connectivity index (χ2n) is 6.69. The predicted octanol–water partition coefficient (Wildman–Crippen LogP) is 1.04. The number of carbonyl (C=O) groups excluding carboxylic acids is 2. The number of rotatable bonds is 2. The van der Waals surface area contributed by atoms with Crippen molar-refractivity contribution >= 4 is 11.8 Å². The van der Waals surface area contributed by atoms with Gasteiger partial charge in [-0.05, 0) is 51.1 Å². The fourth-order valence-corrected chi connectivity index (χ4v) is 4.13. The van der Waals surface area contributed by atoms with Crippen LogP contribution in [0.1, 0.15) is 51.4 Å². The van der Waals surface area contributed by atoms with E-state index in [1.54, 1.807) is 0 Å². The van der Waals surface area contributed by atoms with Crippen molar-refractivity contribution in [2.75, 3.05) is 19.6 Å². The molecule has 2 amide bonds. The molecule has 21 heavy (non-hydrogen) atoms. The van der Waals surface area contributed by atoms with Gasteiger partial charge in [-0.2, -0.15) is 0 Å². The van der Waals surface area contributed by atoms with E-state index in [2.05, 4.69) is 15.5 Å². The highest BCUT2D eigenvalue weighted by Gasteiger charge is 2.37. The number of nitrogens with one attached hydrogen (secondary N) is 2. The number of hydrogen-bond acceptors (Lipinski definition) is 3. The van der Waals surface area contributed by atoms with Gasteiger partial charge in [0.25, 0.3) is 0 Å². The quantitative estimate of drug-likeness (QED) is 0.799. The van der Waals surface area contributed by atoms with Crippen molar-refractivity contribution in [1.82, 2.24) is 15.5 Å². The first-order valence-electron chi connectivity index (χ1n) is 8.56. The zero-order valence-corrected chi connectivity index (χ0v) is 12.8. The molecule has 2 N–H and O–H groups in total. The Balaban J connectivity index is 1.71. The molecule has 2 atom stereocenters. The summed E-state index contributed by atoms with van der Waals surface area (Å²) in [5.41, 5.74) is 0. The molecule has 3 rings (SSSR count). The first-order chi connectivity index (χ1) is 10.3. The van der Waals surface area contributed by atoms with Gasteiger partial charge in [0.1, 0.15) is 6.04 Å². The van der Waals surface area contributed by atoms with E-state index in [0.29, 0.717) is 24.8 Å². The molecule has 0 bridgehead atoms. The van der Waals surface area contributed by atoms with Gasteiger partial charge < -0.3 is 15.5 Å². The van der Waals surface area contributed by atoms with Gasteiger partial charge in [0.2, 0.25) is 11.8 Å². The van der Waals surface area contributed by atoms with E-state index >= 15 is 0 Å². The Morgan fingerprint density at radius 2 is 1.86 bits per heavy atom. The lowest BCUT2D eigenvalue weighted by Crippen LogP contribution is -2.52. The van der Waals surface area contributed by atoms with E-state index in [1.165, 1.54) is 25.7 Å². The molecule has 3 saturated heterocycles. The zero-order chi connectivity index (χ0) is 14.7. The highest BCUT2D eigenvalue weighted by atomic mass is 16.2. The molecule has 5 heteroatoms. The number of carbonyl (C=O) groups is 2. The van der Waals surface area contributed by atoms with Gasteiger partial charge in [-0.15, -0.1) is 0 Å². The first-order valence-corrected chi connectivity index (χ1v) is 8.56. The second-order valence-corrected chi connectivity index (χ2v) is 6.69. The second kappa shape index (κ2) is 6.77. The van der Waals surface area contributed by atoms with Gasteiger partial charge in [-0.25, -0.2) is 0 Å². The molecule has 0 aromatic carbocycles. The molecule has 3 aliphatic rings. The summed E-state index contributed by atoms with van der Waals surface area (Å²) in [5.74, 6) is 0.832. The number of hydrogen-bond donors (Lipinski definition) is 2. The third-order valence-electron chi connectivity index (χ3n) is 5.30. The van der Waals surface area contributed by atoms with Crippen LogP contribution >= 0.6 is 0 Å².